The van der Waals surface area contributed by atoms with Crippen LogP contribution in [0.25, 0.3) is 0 Å². The van der Waals surface area contributed by atoms with E-state index in [9.17, 15) is 9.90 Å². The zero-order valence-corrected chi connectivity index (χ0v) is 13.0. The minimum absolute atomic E-state index is 0.171. The van der Waals surface area contributed by atoms with Gasteiger partial charge in [-0.05, 0) is 44.4 Å². The summed E-state index contributed by atoms with van der Waals surface area (Å²) in [6.07, 6.45) is 5.90. The number of nitrogens with zero attached hydrogens (tertiary/aromatic N) is 1. The van der Waals surface area contributed by atoms with E-state index in [1.165, 1.54) is 23.4 Å². The van der Waals surface area contributed by atoms with Gasteiger partial charge in [-0.3, -0.25) is 4.79 Å². The van der Waals surface area contributed by atoms with Gasteiger partial charge in [0, 0.05) is 24.6 Å². The molecule has 2 heterocycles. The number of rotatable bonds is 4. The van der Waals surface area contributed by atoms with Gasteiger partial charge in [-0.1, -0.05) is 0 Å². The Balaban J connectivity index is 1.68. The zero-order valence-electron chi connectivity index (χ0n) is 12.2. The highest BCUT2D eigenvalue weighted by Gasteiger charge is 2.38. The summed E-state index contributed by atoms with van der Waals surface area (Å²) >= 11 is 1.61. The van der Waals surface area contributed by atoms with Gasteiger partial charge >= 0.3 is 0 Å². The van der Waals surface area contributed by atoms with Gasteiger partial charge in [0.25, 0.3) is 0 Å². The summed E-state index contributed by atoms with van der Waals surface area (Å²) in [6, 6.07) is 0. The number of piperidine rings is 1. The molecule has 1 aromatic heterocycles. The van der Waals surface area contributed by atoms with E-state index < -0.39 is 0 Å². The zero-order chi connectivity index (χ0) is 14.6. The Morgan fingerprint density at radius 3 is 2.38 bits per heavy atom. The van der Waals surface area contributed by atoms with E-state index >= 15 is 0 Å². The Morgan fingerprint density at radius 2 is 1.81 bits per heavy atom. The van der Waals surface area contributed by atoms with Crippen LogP contribution in [0.2, 0.25) is 0 Å². The number of anilines is 2. The lowest BCUT2D eigenvalue weighted by Gasteiger charge is -2.31. The predicted molar refractivity (Wildman–Crippen MR) is 85.2 cm³/mol. The summed E-state index contributed by atoms with van der Waals surface area (Å²) in [5.41, 5.74) is 8.36. The molecule has 0 amide bonds. The normalized spacial score (nSPS) is 23.6. The van der Waals surface area contributed by atoms with Crippen LogP contribution in [-0.4, -0.2) is 30.1 Å². The van der Waals surface area contributed by atoms with Crippen LogP contribution in [0.4, 0.5) is 10.7 Å². The van der Waals surface area contributed by atoms with E-state index in [1.54, 1.807) is 11.3 Å². The molecule has 4 rings (SSSR count). The van der Waals surface area contributed by atoms with Crippen molar-refractivity contribution in [1.82, 2.24) is 0 Å². The fraction of sp³-hybridized carbons (Fsp3) is 0.688. The van der Waals surface area contributed by atoms with Crippen LogP contribution in [0, 0.1) is 5.92 Å². The van der Waals surface area contributed by atoms with Crippen molar-refractivity contribution in [2.75, 3.05) is 23.7 Å². The second-order valence-electron chi connectivity index (χ2n) is 6.69. The van der Waals surface area contributed by atoms with Gasteiger partial charge in [0.15, 0.2) is 5.78 Å². The molecule has 0 aromatic carbocycles. The third kappa shape index (κ3) is 2.46. The second-order valence-corrected chi connectivity index (χ2v) is 7.69. The van der Waals surface area contributed by atoms with E-state index in [0.29, 0.717) is 5.92 Å². The fourth-order valence-electron chi connectivity index (χ4n) is 3.23. The fourth-order valence-corrected chi connectivity index (χ4v) is 4.61. The van der Waals surface area contributed by atoms with Crippen molar-refractivity contribution in [3.63, 3.8) is 0 Å². The maximum atomic E-state index is 12.4. The van der Waals surface area contributed by atoms with Crippen molar-refractivity contribution in [1.29, 1.82) is 0 Å². The highest BCUT2D eigenvalue weighted by Crippen LogP contribution is 2.53. The molecule has 3 aliphatic rings. The second kappa shape index (κ2) is 4.99. The number of aliphatic hydroxyl groups is 1. The average molecular weight is 306 g/mol. The quantitative estimate of drug-likeness (QED) is 0.839. The first-order valence-corrected chi connectivity index (χ1v) is 8.86. The number of Topliss-reactive ketones (excluding diaryl/α,β-unsaturated/α-hetero) is 1. The van der Waals surface area contributed by atoms with Crippen LogP contribution < -0.4 is 10.6 Å². The number of thiophene rings is 1. The molecular formula is C16H22N2O2S. The molecule has 2 aliphatic carbocycles. The lowest BCUT2D eigenvalue weighted by Crippen LogP contribution is -2.35. The van der Waals surface area contributed by atoms with E-state index in [0.717, 1.165) is 49.3 Å². The molecule has 0 unspecified atom stereocenters. The molecule has 1 aliphatic heterocycles. The maximum Gasteiger partial charge on any atom is 0.178 e. The molecule has 0 spiro atoms. The van der Waals surface area contributed by atoms with Crippen molar-refractivity contribution in [2.45, 2.75) is 50.5 Å². The molecule has 21 heavy (non-hydrogen) atoms. The van der Waals surface area contributed by atoms with Crippen molar-refractivity contribution >= 4 is 27.8 Å². The standard InChI is InChI=1S/C16H22N2O2S/c17-13-12(9-1-2-9)16(18-7-5-11(19)6-8-18)21-15(13)14(20)10-3-4-10/h9-11,19H,1-8,17H2. The maximum absolute atomic E-state index is 12.4. The van der Waals surface area contributed by atoms with Gasteiger partial charge in [-0.2, -0.15) is 0 Å². The SMILES string of the molecule is Nc1c(C(=O)C2CC2)sc(N2CCC(O)CC2)c1C1CC1. The minimum atomic E-state index is -0.171. The van der Waals surface area contributed by atoms with Crippen molar-refractivity contribution in [3.05, 3.63) is 10.4 Å². The van der Waals surface area contributed by atoms with E-state index in [2.05, 4.69) is 4.90 Å². The van der Waals surface area contributed by atoms with Gasteiger partial charge in [-0.15, -0.1) is 11.3 Å². The lowest BCUT2D eigenvalue weighted by molar-refractivity contribution is 0.0972. The number of carbonyl (C=O) groups is 1. The number of nitrogens with two attached hydrogens (primary N) is 1. The van der Waals surface area contributed by atoms with Gasteiger partial charge in [0.1, 0.15) is 0 Å². The Bertz CT molecular complexity index is 567. The smallest absolute Gasteiger partial charge is 0.178 e. The number of hydrogen-bond acceptors (Lipinski definition) is 5. The Labute approximate surface area is 128 Å². The third-order valence-electron chi connectivity index (χ3n) is 4.87. The molecule has 0 atom stereocenters. The molecule has 2 saturated carbocycles. The summed E-state index contributed by atoms with van der Waals surface area (Å²) in [5, 5.41) is 10.9. The molecule has 5 heteroatoms. The summed E-state index contributed by atoms with van der Waals surface area (Å²) in [6.45, 7) is 1.75. The van der Waals surface area contributed by atoms with Crippen LogP contribution in [0.15, 0.2) is 0 Å². The molecule has 0 radical (unpaired) electrons. The Kier molecular flexibility index (Phi) is 3.23. The minimum Gasteiger partial charge on any atom is -0.397 e. The van der Waals surface area contributed by atoms with Crippen LogP contribution in [0.1, 0.15) is 59.7 Å². The predicted octanol–water partition coefficient (Wildman–Crippen LogP) is 2.76. The first-order chi connectivity index (χ1) is 10.1. The number of aliphatic hydroxyl groups excluding tert-OH is 1. The largest absolute Gasteiger partial charge is 0.397 e. The topological polar surface area (TPSA) is 66.6 Å². The number of hydrogen-bond donors (Lipinski definition) is 2. The Hall–Kier alpha value is -1.07. The number of nitrogen functional groups attached to an aromatic ring is 1. The molecular weight excluding hydrogens is 284 g/mol. The van der Waals surface area contributed by atoms with Crippen molar-refractivity contribution in [2.24, 2.45) is 5.92 Å². The van der Waals surface area contributed by atoms with Crippen LogP contribution in [0.5, 0.6) is 0 Å². The van der Waals surface area contributed by atoms with Crippen molar-refractivity contribution in [3.8, 4) is 0 Å². The molecule has 1 saturated heterocycles. The Morgan fingerprint density at radius 1 is 1.14 bits per heavy atom. The molecule has 3 fully saturated rings. The molecule has 4 nitrogen and oxygen atoms in total. The van der Waals surface area contributed by atoms with Gasteiger partial charge in [0.2, 0.25) is 0 Å². The summed E-state index contributed by atoms with van der Waals surface area (Å²) in [5.74, 6) is 1.06. The first kappa shape index (κ1) is 13.6. The van der Waals surface area contributed by atoms with E-state index in [4.69, 9.17) is 5.73 Å². The summed E-state index contributed by atoms with van der Waals surface area (Å²) in [7, 11) is 0. The van der Waals surface area contributed by atoms with Gasteiger partial charge in [-0.25, -0.2) is 0 Å². The van der Waals surface area contributed by atoms with E-state index in [1.807, 2.05) is 0 Å². The summed E-state index contributed by atoms with van der Waals surface area (Å²) in [4.78, 5) is 15.6. The molecule has 0 bridgehead atoms. The highest BCUT2D eigenvalue weighted by atomic mass is 32.1. The molecule has 1 aromatic rings. The average Bonchev–Trinajstić information content (AvgIpc) is 3.36. The third-order valence-corrected chi connectivity index (χ3v) is 6.17. The highest BCUT2D eigenvalue weighted by molar-refractivity contribution is 7.19. The van der Waals surface area contributed by atoms with Crippen LogP contribution >= 0.6 is 11.3 Å². The van der Waals surface area contributed by atoms with Crippen LogP contribution in [-0.2, 0) is 0 Å². The molecule has 114 valence electrons. The van der Waals surface area contributed by atoms with E-state index in [-0.39, 0.29) is 17.8 Å². The molecule has 3 N–H and O–H groups in total. The van der Waals surface area contributed by atoms with Crippen molar-refractivity contribution < 1.29 is 9.90 Å². The lowest BCUT2D eigenvalue weighted by atomic mass is 10.1. The first-order valence-electron chi connectivity index (χ1n) is 8.04. The number of ketones is 1. The number of carbonyl (C=O) groups excluding carboxylic acids is 1. The van der Waals surface area contributed by atoms with Crippen LogP contribution in [0.3, 0.4) is 0 Å². The van der Waals surface area contributed by atoms with Gasteiger partial charge < -0.3 is 15.7 Å². The monoisotopic (exact) mass is 306 g/mol. The van der Waals surface area contributed by atoms with Gasteiger partial charge in [0.05, 0.1) is 21.7 Å². The summed E-state index contributed by atoms with van der Waals surface area (Å²) < 4.78 is 0.